The summed E-state index contributed by atoms with van der Waals surface area (Å²) in [6.07, 6.45) is 6.88. The van der Waals surface area contributed by atoms with Crippen molar-refractivity contribution in [1.29, 1.82) is 0 Å². The van der Waals surface area contributed by atoms with Crippen LogP contribution < -0.4 is 0 Å². The number of amides is 2. The number of fused-ring (bicyclic) bond motifs is 1. The first-order valence-corrected chi connectivity index (χ1v) is 6.98. The van der Waals surface area contributed by atoms with E-state index in [0.717, 1.165) is 10.8 Å². The molecule has 1 aromatic heterocycles. The fourth-order valence-electron chi connectivity index (χ4n) is 2.25. The molecule has 0 saturated heterocycles. The van der Waals surface area contributed by atoms with Gasteiger partial charge in [0.15, 0.2) is 0 Å². The minimum atomic E-state index is -0.441. The van der Waals surface area contributed by atoms with Crippen LogP contribution in [-0.2, 0) is 16.3 Å². The Labute approximate surface area is 132 Å². The van der Waals surface area contributed by atoms with E-state index < -0.39 is 11.8 Å². The second kappa shape index (κ2) is 6.55. The Hall–Kier alpha value is -2.77. The molecule has 0 N–H and O–H groups in total. The number of imide groups is 1. The Balaban J connectivity index is 1.58. The van der Waals surface area contributed by atoms with Gasteiger partial charge in [0.25, 0.3) is 11.8 Å². The highest BCUT2D eigenvalue weighted by atomic mass is 16.7. The molecule has 2 heterocycles. The van der Waals surface area contributed by atoms with Crippen LogP contribution in [0.5, 0.6) is 0 Å². The van der Waals surface area contributed by atoms with Gasteiger partial charge in [-0.2, -0.15) is 0 Å². The summed E-state index contributed by atoms with van der Waals surface area (Å²) >= 11 is 0. The van der Waals surface area contributed by atoms with Gasteiger partial charge in [-0.15, -0.1) is 5.06 Å². The van der Waals surface area contributed by atoms with Crippen molar-refractivity contribution in [3.05, 3.63) is 59.7 Å². The Morgan fingerprint density at radius 2 is 1.87 bits per heavy atom. The number of benzene rings is 1. The van der Waals surface area contributed by atoms with E-state index in [2.05, 4.69) is 4.98 Å². The Bertz CT molecular complexity index is 731. The fourth-order valence-corrected chi connectivity index (χ4v) is 2.25. The fraction of sp³-hybridized carbons (Fsp3) is 0.188. The van der Waals surface area contributed by atoms with Crippen LogP contribution in [0, 0.1) is 0 Å². The van der Waals surface area contributed by atoms with Crippen LogP contribution in [-0.4, -0.2) is 40.1 Å². The summed E-state index contributed by atoms with van der Waals surface area (Å²) in [5, 5.41) is 0.790. The first-order valence-electron chi connectivity index (χ1n) is 6.98. The summed E-state index contributed by atoms with van der Waals surface area (Å²) in [6, 6.07) is 6.64. The van der Waals surface area contributed by atoms with Crippen LogP contribution in [0.1, 0.15) is 26.4 Å². The highest BCUT2D eigenvalue weighted by molar-refractivity contribution is 6.20. The molecule has 0 unspecified atom stereocenters. The first-order chi connectivity index (χ1) is 11.2. The number of aromatic nitrogens is 2. The zero-order valence-corrected chi connectivity index (χ0v) is 12.5. The largest absolute Gasteiger partial charge is 0.364 e. The van der Waals surface area contributed by atoms with E-state index in [-0.39, 0.29) is 6.61 Å². The van der Waals surface area contributed by atoms with E-state index in [0.29, 0.717) is 17.9 Å². The maximum Gasteiger partial charge on any atom is 0.285 e. The number of methoxy groups -OCH3 is 1. The van der Waals surface area contributed by atoms with E-state index in [9.17, 15) is 9.59 Å². The van der Waals surface area contributed by atoms with E-state index in [1.165, 1.54) is 0 Å². The van der Waals surface area contributed by atoms with Gasteiger partial charge in [0.05, 0.1) is 29.8 Å². The molecule has 1 aliphatic heterocycles. The molecule has 23 heavy (non-hydrogen) atoms. The number of hydrogen-bond donors (Lipinski definition) is 0. The zero-order valence-electron chi connectivity index (χ0n) is 12.5. The van der Waals surface area contributed by atoms with E-state index in [1.807, 2.05) is 6.20 Å². The van der Waals surface area contributed by atoms with Gasteiger partial charge < -0.3 is 9.30 Å². The number of carbonyl (C=O) groups is 2. The van der Waals surface area contributed by atoms with Crippen molar-refractivity contribution in [2.75, 3.05) is 13.7 Å². The van der Waals surface area contributed by atoms with Gasteiger partial charge in [-0.25, -0.2) is 4.98 Å². The molecule has 0 bridgehead atoms. The molecule has 0 aliphatic carbocycles. The Morgan fingerprint density at radius 1 is 1.17 bits per heavy atom. The zero-order chi connectivity index (χ0) is 16.2. The quantitative estimate of drug-likeness (QED) is 0.759. The highest BCUT2D eigenvalue weighted by Crippen LogP contribution is 2.22. The van der Waals surface area contributed by atoms with Gasteiger partial charge in [0.1, 0.15) is 6.73 Å². The van der Waals surface area contributed by atoms with Crippen molar-refractivity contribution in [1.82, 2.24) is 14.6 Å². The average Bonchev–Trinajstić information content (AvgIpc) is 3.10. The van der Waals surface area contributed by atoms with Crippen molar-refractivity contribution in [2.45, 2.75) is 6.73 Å². The summed E-state index contributed by atoms with van der Waals surface area (Å²) in [7, 11) is 1.60. The minimum absolute atomic E-state index is 0.0859. The molecule has 0 fully saturated rings. The van der Waals surface area contributed by atoms with Gasteiger partial charge in [-0.3, -0.25) is 14.4 Å². The summed E-state index contributed by atoms with van der Waals surface area (Å²) in [6.45, 7) is 0.509. The number of hydrogen-bond acceptors (Lipinski definition) is 5. The van der Waals surface area contributed by atoms with Crippen LogP contribution in [0.4, 0.5) is 0 Å². The molecular weight excluding hydrogens is 298 g/mol. The third kappa shape index (κ3) is 3.05. The predicted molar refractivity (Wildman–Crippen MR) is 81.2 cm³/mol. The second-order valence-electron chi connectivity index (χ2n) is 4.88. The Morgan fingerprint density at radius 3 is 2.52 bits per heavy atom. The molecule has 7 nitrogen and oxygen atoms in total. The van der Waals surface area contributed by atoms with Gasteiger partial charge in [0.2, 0.25) is 0 Å². The van der Waals surface area contributed by atoms with Crippen LogP contribution in [0.15, 0.2) is 42.9 Å². The van der Waals surface area contributed by atoms with Gasteiger partial charge in [-0.1, -0.05) is 18.2 Å². The van der Waals surface area contributed by atoms with Crippen LogP contribution in [0.2, 0.25) is 0 Å². The molecule has 0 saturated carbocycles. The van der Waals surface area contributed by atoms with Gasteiger partial charge in [0, 0.05) is 13.3 Å². The summed E-state index contributed by atoms with van der Waals surface area (Å²) in [5.41, 5.74) is 1.45. The summed E-state index contributed by atoms with van der Waals surface area (Å²) < 4.78 is 6.76. The van der Waals surface area contributed by atoms with E-state index in [4.69, 9.17) is 9.57 Å². The average molecular weight is 313 g/mol. The maximum absolute atomic E-state index is 12.1. The lowest BCUT2D eigenvalue weighted by Crippen LogP contribution is -2.30. The lowest BCUT2D eigenvalue weighted by atomic mass is 10.1. The molecule has 0 spiro atoms. The topological polar surface area (TPSA) is 73.7 Å². The third-order valence-corrected chi connectivity index (χ3v) is 3.28. The standard InChI is InChI=1S/C16H15N3O4/c1-22-11-18-9-12(17-10-18)5-4-8-23-19-15(20)13-6-2-3-7-14(13)16(19)21/h2-7,9-10H,8,11H2,1H3/b5-4+. The molecule has 2 aromatic rings. The lowest BCUT2D eigenvalue weighted by molar-refractivity contribution is -0.0800. The minimum Gasteiger partial charge on any atom is -0.364 e. The third-order valence-electron chi connectivity index (χ3n) is 3.28. The molecule has 3 rings (SSSR count). The number of rotatable bonds is 6. The number of carbonyl (C=O) groups excluding carboxylic acids is 2. The first kappa shape index (κ1) is 15.1. The number of ether oxygens (including phenoxy) is 1. The molecule has 1 aromatic carbocycles. The maximum atomic E-state index is 12.1. The summed E-state index contributed by atoms with van der Waals surface area (Å²) in [4.78, 5) is 33.6. The van der Waals surface area contributed by atoms with Crippen LogP contribution >= 0.6 is 0 Å². The summed E-state index contributed by atoms with van der Waals surface area (Å²) in [5.74, 6) is -0.883. The molecular formula is C16H15N3O4. The molecule has 118 valence electrons. The Kier molecular flexibility index (Phi) is 4.31. The highest BCUT2D eigenvalue weighted by Gasteiger charge is 2.36. The van der Waals surface area contributed by atoms with Gasteiger partial charge >= 0.3 is 0 Å². The molecule has 2 amide bonds. The van der Waals surface area contributed by atoms with Crippen molar-refractivity contribution in [3.8, 4) is 0 Å². The predicted octanol–water partition coefficient (Wildman–Crippen LogP) is 1.73. The van der Waals surface area contributed by atoms with Gasteiger partial charge in [-0.05, 0) is 18.2 Å². The molecule has 0 atom stereocenters. The normalized spacial score (nSPS) is 14.0. The van der Waals surface area contributed by atoms with Crippen molar-refractivity contribution in [2.24, 2.45) is 0 Å². The van der Waals surface area contributed by atoms with Crippen molar-refractivity contribution in [3.63, 3.8) is 0 Å². The molecule has 1 aliphatic rings. The van der Waals surface area contributed by atoms with Crippen LogP contribution in [0.3, 0.4) is 0 Å². The van der Waals surface area contributed by atoms with E-state index in [1.54, 1.807) is 54.4 Å². The smallest absolute Gasteiger partial charge is 0.285 e. The number of nitrogens with zero attached hydrogens (tertiary/aromatic N) is 3. The second-order valence-corrected chi connectivity index (χ2v) is 4.88. The molecule has 0 radical (unpaired) electrons. The SMILES string of the molecule is COCn1cnc(/C=C/CON2C(=O)c3ccccc3C2=O)c1. The van der Waals surface area contributed by atoms with Crippen LogP contribution in [0.25, 0.3) is 6.08 Å². The lowest BCUT2D eigenvalue weighted by Gasteiger charge is -2.11. The molecule has 7 heteroatoms. The number of hydroxylamine groups is 2. The van der Waals surface area contributed by atoms with E-state index >= 15 is 0 Å². The van der Waals surface area contributed by atoms with Crippen molar-refractivity contribution < 1.29 is 19.2 Å². The van der Waals surface area contributed by atoms with Crippen molar-refractivity contribution >= 4 is 17.9 Å². The number of imidazole rings is 1. The monoisotopic (exact) mass is 313 g/mol.